The smallest absolute Gasteiger partial charge is 0.270 e. The van der Waals surface area contributed by atoms with Gasteiger partial charge in [0.15, 0.2) is 5.78 Å². The van der Waals surface area contributed by atoms with Crippen molar-refractivity contribution in [2.75, 3.05) is 0 Å². The molecule has 0 bridgehead atoms. The predicted octanol–water partition coefficient (Wildman–Crippen LogP) is 5.15. The van der Waals surface area contributed by atoms with Crippen LogP contribution < -0.4 is 0 Å². The van der Waals surface area contributed by atoms with Crippen LogP contribution in [0.4, 0.5) is 5.69 Å². The van der Waals surface area contributed by atoms with Gasteiger partial charge in [-0.05, 0) is 11.6 Å². The third kappa shape index (κ3) is 3.05. The monoisotopic (exact) mass is 337 g/mol. The molecule has 0 aliphatic heterocycles. The summed E-state index contributed by atoms with van der Waals surface area (Å²) in [4.78, 5) is 23.1. The lowest BCUT2D eigenvalue weighted by molar-refractivity contribution is -0.384. The van der Waals surface area contributed by atoms with Crippen LogP contribution in [0.3, 0.4) is 0 Å². The number of hydrogen-bond acceptors (Lipinski definition) is 3. The molecular formula is C19H12ClNO3. The van der Waals surface area contributed by atoms with Crippen molar-refractivity contribution in [3.8, 4) is 11.1 Å². The van der Waals surface area contributed by atoms with Crippen molar-refractivity contribution in [1.82, 2.24) is 0 Å². The summed E-state index contributed by atoms with van der Waals surface area (Å²) < 4.78 is 0. The number of rotatable bonds is 4. The second kappa shape index (κ2) is 6.64. The Morgan fingerprint density at radius 3 is 2.21 bits per heavy atom. The van der Waals surface area contributed by atoms with Gasteiger partial charge in [-0.2, -0.15) is 0 Å². The van der Waals surface area contributed by atoms with E-state index in [1.165, 1.54) is 12.1 Å². The van der Waals surface area contributed by atoms with Gasteiger partial charge in [-0.1, -0.05) is 66.2 Å². The molecule has 3 aromatic rings. The molecule has 3 aromatic carbocycles. The van der Waals surface area contributed by atoms with Gasteiger partial charge in [-0.3, -0.25) is 14.9 Å². The maximum absolute atomic E-state index is 12.8. The SMILES string of the molecule is O=C(c1ccccc1)c1ccccc1-c1ccc([N+](=O)[O-])cc1Cl. The summed E-state index contributed by atoms with van der Waals surface area (Å²) in [7, 11) is 0. The lowest BCUT2D eigenvalue weighted by Crippen LogP contribution is -2.03. The highest BCUT2D eigenvalue weighted by Gasteiger charge is 2.17. The molecule has 0 fully saturated rings. The van der Waals surface area contributed by atoms with Crippen molar-refractivity contribution >= 4 is 23.1 Å². The van der Waals surface area contributed by atoms with E-state index in [4.69, 9.17) is 11.6 Å². The molecule has 4 nitrogen and oxygen atoms in total. The molecule has 0 unspecified atom stereocenters. The highest BCUT2D eigenvalue weighted by atomic mass is 35.5. The molecule has 0 aliphatic carbocycles. The van der Waals surface area contributed by atoms with E-state index in [9.17, 15) is 14.9 Å². The average Bonchev–Trinajstić information content (AvgIpc) is 2.62. The van der Waals surface area contributed by atoms with Crippen LogP contribution in [-0.4, -0.2) is 10.7 Å². The van der Waals surface area contributed by atoms with Gasteiger partial charge < -0.3 is 0 Å². The van der Waals surface area contributed by atoms with Crippen molar-refractivity contribution in [2.24, 2.45) is 0 Å². The summed E-state index contributed by atoms with van der Waals surface area (Å²) in [6.07, 6.45) is 0. The third-order valence-corrected chi connectivity index (χ3v) is 3.97. The van der Waals surface area contributed by atoms with Crippen LogP contribution >= 0.6 is 11.6 Å². The zero-order valence-electron chi connectivity index (χ0n) is 12.5. The minimum Gasteiger partial charge on any atom is -0.289 e. The summed E-state index contributed by atoms with van der Waals surface area (Å²) in [5.74, 6) is -0.124. The molecule has 0 saturated carbocycles. The van der Waals surface area contributed by atoms with E-state index in [0.717, 1.165) is 0 Å². The first-order valence-corrected chi connectivity index (χ1v) is 7.59. The molecule has 0 aliphatic rings. The number of nitro groups is 1. The molecule has 0 N–H and O–H groups in total. The first-order chi connectivity index (χ1) is 11.6. The molecule has 0 heterocycles. The summed E-state index contributed by atoms with van der Waals surface area (Å²) in [6.45, 7) is 0. The van der Waals surface area contributed by atoms with Crippen LogP contribution in [0.5, 0.6) is 0 Å². The van der Waals surface area contributed by atoms with E-state index < -0.39 is 4.92 Å². The number of halogens is 1. The molecule has 0 saturated heterocycles. The third-order valence-electron chi connectivity index (χ3n) is 3.66. The van der Waals surface area contributed by atoms with Gasteiger partial charge in [0.05, 0.1) is 9.95 Å². The predicted molar refractivity (Wildman–Crippen MR) is 93.4 cm³/mol. The molecule has 3 rings (SSSR count). The fourth-order valence-electron chi connectivity index (χ4n) is 2.50. The van der Waals surface area contributed by atoms with E-state index in [1.807, 2.05) is 6.07 Å². The molecular weight excluding hydrogens is 326 g/mol. The van der Waals surface area contributed by atoms with Gasteiger partial charge in [0.25, 0.3) is 5.69 Å². The number of nitro benzene ring substituents is 1. The Kier molecular flexibility index (Phi) is 4.40. The first kappa shape index (κ1) is 15.9. The van der Waals surface area contributed by atoms with Crippen LogP contribution in [0.1, 0.15) is 15.9 Å². The van der Waals surface area contributed by atoms with Gasteiger partial charge >= 0.3 is 0 Å². The standard InChI is InChI=1S/C19H12ClNO3/c20-18-12-14(21(23)24)10-11-16(18)15-8-4-5-9-17(15)19(22)13-6-2-1-3-7-13/h1-12H. The number of benzene rings is 3. The Bertz CT molecular complexity index is 923. The van der Waals surface area contributed by atoms with Gasteiger partial charge in [0, 0.05) is 28.8 Å². The zero-order valence-corrected chi connectivity index (χ0v) is 13.2. The van der Waals surface area contributed by atoms with Crippen LogP contribution in [-0.2, 0) is 0 Å². The minimum absolute atomic E-state index is 0.0874. The highest BCUT2D eigenvalue weighted by Crippen LogP contribution is 2.34. The first-order valence-electron chi connectivity index (χ1n) is 7.21. The Hall–Kier alpha value is -2.98. The normalized spacial score (nSPS) is 10.4. The van der Waals surface area contributed by atoms with Crippen molar-refractivity contribution in [3.05, 3.63) is 99.1 Å². The summed E-state index contributed by atoms with van der Waals surface area (Å²) in [5.41, 5.74) is 2.21. The molecule has 118 valence electrons. The topological polar surface area (TPSA) is 60.2 Å². The van der Waals surface area contributed by atoms with Gasteiger partial charge in [-0.25, -0.2) is 0 Å². The number of ketones is 1. The van der Waals surface area contributed by atoms with Crippen molar-refractivity contribution in [3.63, 3.8) is 0 Å². The largest absolute Gasteiger partial charge is 0.289 e. The Morgan fingerprint density at radius 2 is 1.54 bits per heavy atom. The lowest BCUT2D eigenvalue weighted by Gasteiger charge is -2.10. The van der Waals surface area contributed by atoms with Gasteiger partial charge in [-0.15, -0.1) is 0 Å². The summed E-state index contributed by atoms with van der Waals surface area (Å²) in [6, 6.07) is 20.3. The van der Waals surface area contributed by atoms with Gasteiger partial charge in [0.1, 0.15) is 0 Å². The zero-order chi connectivity index (χ0) is 17.1. The van der Waals surface area contributed by atoms with E-state index in [1.54, 1.807) is 54.6 Å². The van der Waals surface area contributed by atoms with E-state index in [-0.39, 0.29) is 16.5 Å². The van der Waals surface area contributed by atoms with Crippen molar-refractivity contribution < 1.29 is 9.72 Å². The van der Waals surface area contributed by atoms with Crippen LogP contribution in [0.25, 0.3) is 11.1 Å². The molecule has 0 spiro atoms. The van der Waals surface area contributed by atoms with E-state index >= 15 is 0 Å². The number of carbonyl (C=O) groups is 1. The molecule has 0 radical (unpaired) electrons. The molecule has 0 amide bonds. The second-order valence-corrected chi connectivity index (χ2v) is 5.57. The number of carbonyl (C=O) groups excluding carboxylic acids is 1. The fraction of sp³-hybridized carbons (Fsp3) is 0. The maximum Gasteiger partial charge on any atom is 0.270 e. The summed E-state index contributed by atoms with van der Waals surface area (Å²) in [5, 5.41) is 11.1. The quantitative estimate of drug-likeness (QED) is 0.376. The van der Waals surface area contributed by atoms with E-state index in [2.05, 4.69) is 0 Å². The molecule has 5 heteroatoms. The Labute approximate surface area is 143 Å². The van der Waals surface area contributed by atoms with Gasteiger partial charge in [0.2, 0.25) is 0 Å². The molecule has 24 heavy (non-hydrogen) atoms. The average molecular weight is 338 g/mol. The fourth-order valence-corrected chi connectivity index (χ4v) is 2.77. The highest BCUT2D eigenvalue weighted by molar-refractivity contribution is 6.34. The Balaban J connectivity index is 2.11. The Morgan fingerprint density at radius 1 is 0.875 bits per heavy atom. The molecule has 0 aromatic heterocycles. The second-order valence-electron chi connectivity index (χ2n) is 5.16. The van der Waals surface area contributed by atoms with E-state index in [0.29, 0.717) is 22.3 Å². The number of non-ortho nitro benzene ring substituents is 1. The van der Waals surface area contributed by atoms with Crippen molar-refractivity contribution in [1.29, 1.82) is 0 Å². The van der Waals surface area contributed by atoms with Crippen LogP contribution in [0, 0.1) is 10.1 Å². The maximum atomic E-state index is 12.8. The van der Waals surface area contributed by atoms with Crippen LogP contribution in [0.2, 0.25) is 5.02 Å². The summed E-state index contributed by atoms with van der Waals surface area (Å²) >= 11 is 6.21. The van der Waals surface area contributed by atoms with Crippen LogP contribution in [0.15, 0.2) is 72.8 Å². The minimum atomic E-state index is -0.503. The van der Waals surface area contributed by atoms with Crippen molar-refractivity contribution in [2.45, 2.75) is 0 Å². The molecule has 0 atom stereocenters. The number of nitrogens with zero attached hydrogens (tertiary/aromatic N) is 1. The lowest BCUT2D eigenvalue weighted by atomic mass is 9.94. The number of hydrogen-bond donors (Lipinski definition) is 0.